The van der Waals surface area contributed by atoms with Gasteiger partial charge in [0.15, 0.2) is 11.6 Å². The molecule has 8 atom stereocenters. The zero-order chi connectivity index (χ0) is 52.1. The van der Waals surface area contributed by atoms with E-state index in [0.717, 1.165) is 45.1 Å². The molecule has 10 aliphatic rings. The quantitative estimate of drug-likeness (QED) is 0.118. The fourth-order valence-electron chi connectivity index (χ4n) is 17.2. The number of nitrogens with zero attached hydrogens (tertiary/aromatic N) is 1. The van der Waals surface area contributed by atoms with E-state index in [1.807, 2.05) is 48.5 Å². The third-order valence-electron chi connectivity index (χ3n) is 22.8. The van der Waals surface area contributed by atoms with Crippen LogP contribution in [-0.4, -0.2) is 91.5 Å². The summed E-state index contributed by atoms with van der Waals surface area (Å²) < 4.78 is 61.3. The normalized spacial score (nSPS) is 37.0. The highest BCUT2D eigenvalue weighted by Gasteiger charge is 2.86. The topological polar surface area (TPSA) is 202 Å². The molecule has 0 unspecified atom stereocenters. The molecule has 2 heterocycles. The molecule has 3 N–H and O–H groups in total. The Hall–Kier alpha value is -2.59. The van der Waals surface area contributed by atoms with E-state index in [4.69, 9.17) is 4.74 Å². The molecular formula is C55H88N4O10S2. The maximum absolute atomic E-state index is 14.1. The van der Waals surface area contributed by atoms with Crippen molar-refractivity contribution in [2.75, 3.05) is 13.1 Å². The van der Waals surface area contributed by atoms with Gasteiger partial charge in [-0.3, -0.25) is 33.5 Å². The Balaban J connectivity index is 0.000000179. The van der Waals surface area contributed by atoms with E-state index in [-0.39, 0.29) is 69.4 Å². The smallest absolute Gasteiger partial charge is 0.410 e. The molecule has 8 aliphatic carbocycles. The molecule has 0 radical (unpaired) electrons. The van der Waals surface area contributed by atoms with Gasteiger partial charge in [0, 0.05) is 31.3 Å². The van der Waals surface area contributed by atoms with E-state index in [1.54, 1.807) is 4.90 Å². The molecule has 71 heavy (non-hydrogen) atoms. The summed E-state index contributed by atoms with van der Waals surface area (Å²) in [4.78, 5) is 69.4. The van der Waals surface area contributed by atoms with Crippen LogP contribution in [0, 0.1) is 55.2 Å². The average Bonchev–Trinajstić information content (AvgIpc) is 4.02. The zero-order valence-corrected chi connectivity index (χ0v) is 46.8. The summed E-state index contributed by atoms with van der Waals surface area (Å²) in [5.41, 5.74) is -1.62. The van der Waals surface area contributed by atoms with Crippen LogP contribution < -0.4 is 14.8 Å². The Labute approximate surface area is 425 Å². The lowest BCUT2D eigenvalue weighted by Gasteiger charge is -2.32. The van der Waals surface area contributed by atoms with Gasteiger partial charge in [0.05, 0.1) is 32.4 Å². The van der Waals surface area contributed by atoms with Crippen molar-refractivity contribution in [3.05, 3.63) is 0 Å². The summed E-state index contributed by atoms with van der Waals surface area (Å²) in [6, 6.07) is -0.864. The second kappa shape index (κ2) is 16.7. The molecule has 0 bridgehead atoms. The lowest BCUT2D eigenvalue weighted by atomic mass is 9.73. The van der Waals surface area contributed by atoms with Crippen LogP contribution in [0.3, 0.4) is 0 Å². The standard InChI is InChI=1S/C30H48N2O6S.C25H40N2O4S/c1-8-11-27(14-15-27)39(36,37)31-23(34)28(16-20(28)9-2)18-22(33)21-17-30(26(6,7)29(30)12-10-13-29)19-32(21)24(35)38-25(3,4)5;1-5-8-22(11-12-22)32(30,31)27-20(29)23(13-17(23)6-2)15-19(28)18-14-25(16-26-18)21(3,4)24(25)9-7-10-24/h20-21H,8-19H2,1-7H3,(H,31,34);17-18,26H,5-16H2,1-4H3,(H,27,29)/t20-,21+,28-,30-;17-,18+,23-,25-/m11/s1. The van der Waals surface area contributed by atoms with Crippen molar-refractivity contribution in [2.24, 2.45) is 55.2 Å². The minimum absolute atomic E-state index is 0.0279. The first-order chi connectivity index (χ1) is 32.9. The summed E-state index contributed by atoms with van der Waals surface area (Å²) in [5, 5.41) is 3.51. The Morgan fingerprint density at radius 2 is 1.04 bits per heavy atom. The van der Waals surface area contributed by atoms with Crippen LogP contribution in [0.4, 0.5) is 4.79 Å². The van der Waals surface area contributed by atoms with Crippen LogP contribution in [0.15, 0.2) is 0 Å². The van der Waals surface area contributed by atoms with Gasteiger partial charge in [-0.15, -0.1) is 0 Å². The fraction of sp³-hybridized carbons (Fsp3) is 0.909. The Bertz CT molecular complexity index is 2460. The molecule has 0 aromatic rings. The number of carbonyl (C=O) groups is 5. The summed E-state index contributed by atoms with van der Waals surface area (Å²) in [7, 11) is -7.52. The van der Waals surface area contributed by atoms with Crippen molar-refractivity contribution in [3.8, 4) is 0 Å². The lowest BCUT2D eigenvalue weighted by molar-refractivity contribution is -0.132. The molecule has 3 amide bonds. The summed E-state index contributed by atoms with van der Waals surface area (Å²) in [5.74, 6) is -0.975. The third-order valence-corrected chi connectivity index (χ3v) is 27.2. The molecule has 10 rings (SSSR count). The number of carbonyl (C=O) groups excluding carboxylic acids is 5. The van der Waals surface area contributed by atoms with Crippen molar-refractivity contribution >= 4 is 49.5 Å². The van der Waals surface area contributed by atoms with E-state index in [2.05, 4.69) is 42.5 Å². The van der Waals surface area contributed by atoms with Crippen LogP contribution in [0.5, 0.6) is 0 Å². The van der Waals surface area contributed by atoms with Gasteiger partial charge in [-0.25, -0.2) is 21.6 Å². The summed E-state index contributed by atoms with van der Waals surface area (Å²) in [6.07, 6.45) is 15.9. The molecule has 8 saturated carbocycles. The molecule has 2 saturated heterocycles. The van der Waals surface area contributed by atoms with Crippen LogP contribution in [0.1, 0.15) is 217 Å². The second-order valence-electron chi connectivity index (χ2n) is 27.2. The van der Waals surface area contributed by atoms with Crippen molar-refractivity contribution in [1.29, 1.82) is 0 Å². The molecule has 14 nitrogen and oxygen atoms in total. The Morgan fingerprint density at radius 3 is 1.39 bits per heavy atom. The SMILES string of the molecule is CCCC1(S(=O)(=O)NC(=O)[C@@]2(CC(=O)[C@@H]3C[C@@]4(CN3)C(C)(C)C43CCC3)C[C@H]2CC)CC1.CCCC1(S(=O)(=O)NC(=O)[C@@]2(CC(=O)[C@@H]3C[C@@]4(CN3C(=O)OC(C)(C)C)C(C)(C)C43CCC3)C[C@H]2CC)CC1. The van der Waals surface area contributed by atoms with E-state index in [9.17, 15) is 40.8 Å². The highest BCUT2D eigenvalue weighted by molar-refractivity contribution is 7.92. The van der Waals surface area contributed by atoms with E-state index in [0.29, 0.717) is 76.2 Å². The lowest BCUT2D eigenvalue weighted by Crippen LogP contribution is -2.47. The van der Waals surface area contributed by atoms with Gasteiger partial charge >= 0.3 is 6.09 Å². The average molecular weight is 1030 g/mol. The molecule has 2 aliphatic heterocycles. The molecular weight excluding hydrogens is 941 g/mol. The third kappa shape index (κ3) is 7.55. The molecule has 0 aromatic carbocycles. The largest absolute Gasteiger partial charge is 0.444 e. The fourth-order valence-corrected chi connectivity index (χ4v) is 20.7. The van der Waals surface area contributed by atoms with Gasteiger partial charge in [0.1, 0.15) is 5.60 Å². The number of nitrogens with one attached hydrogen (secondary N) is 3. The van der Waals surface area contributed by atoms with Gasteiger partial charge in [-0.1, -0.05) is 93.9 Å². The number of rotatable bonds is 18. The van der Waals surface area contributed by atoms with Gasteiger partial charge in [0.25, 0.3) is 0 Å². The maximum atomic E-state index is 14.1. The zero-order valence-electron chi connectivity index (χ0n) is 45.1. The highest BCUT2D eigenvalue weighted by Crippen LogP contribution is 2.89. The molecule has 0 aromatic heterocycles. The monoisotopic (exact) mass is 1030 g/mol. The Morgan fingerprint density at radius 1 is 0.606 bits per heavy atom. The maximum Gasteiger partial charge on any atom is 0.410 e. The number of hydrogen-bond acceptors (Lipinski definition) is 11. The first-order valence-corrected chi connectivity index (χ1v) is 30.8. The van der Waals surface area contributed by atoms with E-state index < -0.39 is 69.9 Å². The minimum atomic E-state index is -3.81. The number of ether oxygens (including phenoxy) is 1. The number of sulfonamides is 2. The molecule has 10 fully saturated rings. The van der Waals surface area contributed by atoms with Gasteiger partial charge in [-0.05, 0) is 150 Å². The van der Waals surface area contributed by atoms with E-state index >= 15 is 0 Å². The first-order valence-electron chi connectivity index (χ1n) is 27.9. The number of fused-ring (bicyclic) bond motifs is 2. The first kappa shape index (κ1) is 53.2. The number of likely N-dealkylation sites (tertiary alicyclic amines) is 1. The van der Waals surface area contributed by atoms with Crippen LogP contribution in [0.2, 0.25) is 0 Å². The summed E-state index contributed by atoms with van der Waals surface area (Å²) in [6.45, 7) is 24.0. The number of ketones is 2. The van der Waals surface area contributed by atoms with Crippen molar-refractivity contribution in [3.63, 3.8) is 0 Å². The van der Waals surface area contributed by atoms with Crippen molar-refractivity contribution in [1.82, 2.24) is 19.7 Å². The predicted molar refractivity (Wildman–Crippen MR) is 272 cm³/mol. The van der Waals surface area contributed by atoms with Crippen molar-refractivity contribution < 1.29 is 45.5 Å². The number of hydrogen-bond donors (Lipinski definition) is 3. The molecule has 16 heteroatoms. The van der Waals surface area contributed by atoms with Gasteiger partial charge in [0.2, 0.25) is 31.9 Å². The number of amides is 3. The molecule has 4 spiro atoms. The number of Topliss-reactive ketones (excluding diaryl/α,β-unsaturated/α-hetero) is 2. The highest BCUT2D eigenvalue weighted by atomic mass is 32.2. The summed E-state index contributed by atoms with van der Waals surface area (Å²) >= 11 is 0. The van der Waals surface area contributed by atoms with Gasteiger partial charge < -0.3 is 10.1 Å². The van der Waals surface area contributed by atoms with Gasteiger partial charge in [-0.2, -0.15) is 0 Å². The van der Waals surface area contributed by atoms with Crippen LogP contribution in [-0.2, 0) is 44.0 Å². The van der Waals surface area contributed by atoms with E-state index in [1.165, 1.54) is 25.7 Å². The van der Waals surface area contributed by atoms with Crippen LogP contribution >= 0.6 is 0 Å². The van der Waals surface area contributed by atoms with Crippen molar-refractivity contribution in [2.45, 2.75) is 245 Å². The predicted octanol–water partition coefficient (Wildman–Crippen LogP) is 9.05. The Kier molecular flexibility index (Phi) is 12.5. The minimum Gasteiger partial charge on any atom is -0.444 e. The molecule has 400 valence electrons. The van der Waals surface area contributed by atoms with Crippen LogP contribution in [0.25, 0.3) is 0 Å². The second-order valence-corrected chi connectivity index (χ2v) is 31.4.